The third kappa shape index (κ3) is 3.87. The van der Waals surface area contributed by atoms with Crippen LogP contribution in [0.1, 0.15) is 74.0 Å². The maximum absolute atomic E-state index is 12.8. The standard InChI is InChI=1S/C21H28N4O/c1-14(2)16-8-7-9-17(15(3)4)20(16)22-21(26)18-10-11-19(24-23-18)25-12-5-6-13-25/h7-11,14-15H,5-6,12-13H2,1-4H3,(H,22,26). The number of carbonyl (C=O) groups is 1. The number of anilines is 2. The Hall–Kier alpha value is -2.43. The molecule has 1 saturated heterocycles. The molecular formula is C21H28N4O. The minimum atomic E-state index is -0.208. The maximum atomic E-state index is 12.8. The summed E-state index contributed by atoms with van der Waals surface area (Å²) >= 11 is 0. The van der Waals surface area contributed by atoms with Crippen LogP contribution in [0.5, 0.6) is 0 Å². The zero-order valence-corrected chi connectivity index (χ0v) is 16.1. The predicted octanol–water partition coefficient (Wildman–Crippen LogP) is 4.58. The Kier molecular flexibility index (Phi) is 5.55. The van der Waals surface area contributed by atoms with E-state index in [2.05, 4.69) is 66.3 Å². The molecule has 2 heterocycles. The smallest absolute Gasteiger partial charge is 0.276 e. The number of benzene rings is 1. The number of aromatic nitrogens is 2. The second-order valence-electron chi connectivity index (χ2n) is 7.55. The lowest BCUT2D eigenvalue weighted by atomic mass is 9.92. The third-order valence-electron chi connectivity index (χ3n) is 4.92. The first-order valence-corrected chi connectivity index (χ1v) is 9.50. The van der Waals surface area contributed by atoms with Crippen LogP contribution in [-0.2, 0) is 0 Å². The van der Waals surface area contributed by atoms with E-state index < -0.39 is 0 Å². The molecule has 0 radical (unpaired) electrons. The molecule has 26 heavy (non-hydrogen) atoms. The second kappa shape index (κ2) is 7.85. The van der Waals surface area contributed by atoms with Crippen LogP contribution in [-0.4, -0.2) is 29.2 Å². The second-order valence-corrected chi connectivity index (χ2v) is 7.55. The fourth-order valence-electron chi connectivity index (χ4n) is 3.43. The van der Waals surface area contributed by atoms with Gasteiger partial charge in [-0.25, -0.2) is 0 Å². The van der Waals surface area contributed by atoms with Gasteiger partial charge in [0.15, 0.2) is 11.5 Å². The van der Waals surface area contributed by atoms with Gasteiger partial charge in [0, 0.05) is 18.8 Å². The molecular weight excluding hydrogens is 324 g/mol. The molecule has 2 aromatic rings. The largest absolute Gasteiger partial charge is 0.355 e. The number of rotatable bonds is 5. The van der Waals surface area contributed by atoms with Gasteiger partial charge in [-0.15, -0.1) is 10.2 Å². The summed E-state index contributed by atoms with van der Waals surface area (Å²) in [5.74, 6) is 1.30. The molecule has 0 aliphatic carbocycles. The summed E-state index contributed by atoms with van der Waals surface area (Å²) in [4.78, 5) is 15.0. The van der Waals surface area contributed by atoms with E-state index in [1.807, 2.05) is 6.07 Å². The Bertz CT molecular complexity index is 736. The molecule has 0 spiro atoms. The maximum Gasteiger partial charge on any atom is 0.276 e. The van der Waals surface area contributed by atoms with Gasteiger partial charge < -0.3 is 10.2 Å². The number of hydrogen-bond donors (Lipinski definition) is 1. The lowest BCUT2D eigenvalue weighted by Crippen LogP contribution is -2.21. The van der Waals surface area contributed by atoms with Crippen molar-refractivity contribution in [2.45, 2.75) is 52.4 Å². The molecule has 1 aliphatic rings. The molecule has 3 rings (SSSR count). The van der Waals surface area contributed by atoms with Crippen molar-refractivity contribution in [3.05, 3.63) is 47.2 Å². The van der Waals surface area contributed by atoms with Crippen molar-refractivity contribution in [1.29, 1.82) is 0 Å². The van der Waals surface area contributed by atoms with Crippen LogP contribution in [0, 0.1) is 0 Å². The molecule has 0 bridgehead atoms. The molecule has 5 nitrogen and oxygen atoms in total. The number of nitrogens with zero attached hydrogens (tertiary/aromatic N) is 3. The lowest BCUT2D eigenvalue weighted by molar-refractivity contribution is 0.102. The van der Waals surface area contributed by atoms with Crippen LogP contribution in [0.3, 0.4) is 0 Å². The van der Waals surface area contributed by atoms with Gasteiger partial charge in [0.05, 0.1) is 0 Å². The van der Waals surface area contributed by atoms with Crippen molar-refractivity contribution >= 4 is 17.4 Å². The van der Waals surface area contributed by atoms with Crippen LogP contribution in [0.4, 0.5) is 11.5 Å². The van der Waals surface area contributed by atoms with Gasteiger partial charge in [0.1, 0.15) is 0 Å². The SMILES string of the molecule is CC(C)c1cccc(C(C)C)c1NC(=O)c1ccc(N2CCCC2)nn1. The highest BCUT2D eigenvalue weighted by molar-refractivity contribution is 6.03. The highest BCUT2D eigenvalue weighted by atomic mass is 16.1. The number of amides is 1. The van der Waals surface area contributed by atoms with Gasteiger partial charge in [-0.2, -0.15) is 0 Å². The van der Waals surface area contributed by atoms with Crippen LogP contribution in [0.25, 0.3) is 0 Å². The van der Waals surface area contributed by atoms with Gasteiger partial charge in [-0.1, -0.05) is 45.9 Å². The van der Waals surface area contributed by atoms with E-state index in [-0.39, 0.29) is 5.91 Å². The van der Waals surface area contributed by atoms with E-state index in [0.29, 0.717) is 17.5 Å². The highest BCUT2D eigenvalue weighted by Gasteiger charge is 2.19. The van der Waals surface area contributed by atoms with E-state index >= 15 is 0 Å². The first kappa shape index (κ1) is 18.4. The monoisotopic (exact) mass is 352 g/mol. The van der Waals surface area contributed by atoms with Gasteiger partial charge in [0.25, 0.3) is 5.91 Å². The average molecular weight is 352 g/mol. The number of carbonyl (C=O) groups excluding carboxylic acids is 1. The molecule has 1 N–H and O–H groups in total. The fourth-order valence-corrected chi connectivity index (χ4v) is 3.43. The van der Waals surface area contributed by atoms with Crippen LogP contribution >= 0.6 is 0 Å². The van der Waals surface area contributed by atoms with Crippen LogP contribution in [0.2, 0.25) is 0 Å². The summed E-state index contributed by atoms with van der Waals surface area (Å²) in [6.45, 7) is 10.6. The average Bonchev–Trinajstić information content (AvgIpc) is 3.16. The van der Waals surface area contributed by atoms with Gasteiger partial charge >= 0.3 is 0 Å². The van der Waals surface area contributed by atoms with E-state index in [9.17, 15) is 4.79 Å². The van der Waals surface area contributed by atoms with Crippen molar-refractivity contribution in [1.82, 2.24) is 10.2 Å². The zero-order chi connectivity index (χ0) is 18.7. The molecule has 1 aromatic heterocycles. The summed E-state index contributed by atoms with van der Waals surface area (Å²) in [6, 6.07) is 9.88. The van der Waals surface area contributed by atoms with Gasteiger partial charge in [-0.3, -0.25) is 4.79 Å². The zero-order valence-electron chi connectivity index (χ0n) is 16.1. The number of hydrogen-bond acceptors (Lipinski definition) is 4. The topological polar surface area (TPSA) is 58.1 Å². The Balaban J connectivity index is 1.83. The molecule has 0 unspecified atom stereocenters. The first-order valence-electron chi connectivity index (χ1n) is 9.50. The first-order chi connectivity index (χ1) is 12.5. The van der Waals surface area contributed by atoms with Crippen molar-refractivity contribution in [2.24, 2.45) is 0 Å². The van der Waals surface area contributed by atoms with Crippen molar-refractivity contribution in [3.63, 3.8) is 0 Å². The van der Waals surface area contributed by atoms with Gasteiger partial charge in [-0.05, 0) is 47.9 Å². The molecule has 5 heteroatoms. The van der Waals surface area contributed by atoms with E-state index in [1.165, 1.54) is 12.8 Å². The molecule has 0 atom stereocenters. The highest BCUT2D eigenvalue weighted by Crippen LogP contribution is 2.32. The van der Waals surface area contributed by atoms with Crippen LogP contribution < -0.4 is 10.2 Å². The summed E-state index contributed by atoms with van der Waals surface area (Å²) in [7, 11) is 0. The minimum Gasteiger partial charge on any atom is -0.355 e. The Morgan fingerprint density at radius 1 is 0.962 bits per heavy atom. The predicted molar refractivity (Wildman–Crippen MR) is 106 cm³/mol. The third-order valence-corrected chi connectivity index (χ3v) is 4.92. The quantitative estimate of drug-likeness (QED) is 0.856. The van der Waals surface area contributed by atoms with Crippen molar-refractivity contribution < 1.29 is 4.79 Å². The Morgan fingerprint density at radius 2 is 1.58 bits per heavy atom. The molecule has 0 saturated carbocycles. The Labute approximate surface area is 155 Å². The minimum absolute atomic E-state index is 0.208. The summed E-state index contributed by atoms with van der Waals surface area (Å²) in [5.41, 5.74) is 3.55. The molecule has 1 amide bonds. The summed E-state index contributed by atoms with van der Waals surface area (Å²) in [6.07, 6.45) is 2.38. The Morgan fingerprint density at radius 3 is 2.08 bits per heavy atom. The lowest BCUT2D eigenvalue weighted by Gasteiger charge is -2.20. The van der Waals surface area contributed by atoms with E-state index in [0.717, 1.165) is 35.7 Å². The molecule has 1 aliphatic heterocycles. The molecule has 1 fully saturated rings. The van der Waals surface area contributed by atoms with Gasteiger partial charge in [0.2, 0.25) is 0 Å². The fraction of sp³-hybridized carbons (Fsp3) is 0.476. The number of para-hydroxylation sites is 1. The van der Waals surface area contributed by atoms with Crippen molar-refractivity contribution in [3.8, 4) is 0 Å². The van der Waals surface area contributed by atoms with E-state index in [4.69, 9.17) is 0 Å². The van der Waals surface area contributed by atoms with Crippen molar-refractivity contribution in [2.75, 3.05) is 23.3 Å². The molecule has 138 valence electrons. The van der Waals surface area contributed by atoms with E-state index in [1.54, 1.807) is 6.07 Å². The van der Waals surface area contributed by atoms with Crippen LogP contribution in [0.15, 0.2) is 30.3 Å². The summed E-state index contributed by atoms with van der Waals surface area (Å²) < 4.78 is 0. The number of nitrogens with one attached hydrogen (secondary N) is 1. The molecule has 1 aromatic carbocycles. The normalized spacial score (nSPS) is 14.3. The summed E-state index contributed by atoms with van der Waals surface area (Å²) in [5, 5.41) is 11.5.